The van der Waals surface area contributed by atoms with E-state index in [4.69, 9.17) is 0 Å². The third kappa shape index (κ3) is 3.69. The molecule has 0 saturated carbocycles. The molecule has 0 aliphatic heterocycles. The van der Waals surface area contributed by atoms with Gasteiger partial charge in [-0.05, 0) is 105 Å². The fraction of sp³-hybridized carbons (Fsp3) is 0.556. The first-order valence-electron chi connectivity index (χ1n) is 14.5. The van der Waals surface area contributed by atoms with Crippen molar-refractivity contribution in [2.75, 3.05) is 0 Å². The molecule has 4 aliphatic rings. The normalized spacial score (nSPS) is 27.3. The molecule has 0 N–H and O–H groups in total. The first-order chi connectivity index (χ1) is 16.8. The van der Waals surface area contributed by atoms with Crippen LogP contribution < -0.4 is 0 Å². The van der Waals surface area contributed by atoms with Crippen molar-refractivity contribution in [3.8, 4) is 0 Å². The van der Waals surface area contributed by atoms with Crippen molar-refractivity contribution in [3.63, 3.8) is 0 Å². The van der Waals surface area contributed by atoms with Gasteiger partial charge in [0.15, 0.2) is 0 Å². The minimum absolute atomic E-state index is 0.278. The van der Waals surface area contributed by atoms with Crippen LogP contribution in [0.15, 0.2) is 36.4 Å². The molecular weight excluding hydrogens is 432 g/mol. The van der Waals surface area contributed by atoms with E-state index in [-0.39, 0.29) is 21.7 Å². The average molecular weight is 479 g/mol. The summed E-state index contributed by atoms with van der Waals surface area (Å²) < 4.78 is 0. The van der Waals surface area contributed by atoms with Crippen molar-refractivity contribution in [1.82, 2.24) is 0 Å². The Kier molecular flexibility index (Phi) is 5.20. The minimum Gasteiger partial charge on any atom is -0.0764 e. The second kappa shape index (κ2) is 7.72. The predicted octanol–water partition coefficient (Wildman–Crippen LogP) is 10.1. The van der Waals surface area contributed by atoms with E-state index in [1.54, 1.807) is 33.4 Å². The molecule has 0 radical (unpaired) electrons. The van der Waals surface area contributed by atoms with Gasteiger partial charge in [-0.1, -0.05) is 104 Å². The van der Waals surface area contributed by atoms with E-state index in [0.717, 1.165) is 0 Å². The molecule has 0 fully saturated rings. The summed E-state index contributed by atoms with van der Waals surface area (Å²) in [7, 11) is 0. The van der Waals surface area contributed by atoms with Crippen molar-refractivity contribution >= 4 is 12.2 Å². The van der Waals surface area contributed by atoms with Crippen LogP contribution >= 0.6 is 0 Å². The second-order valence-corrected chi connectivity index (χ2v) is 15.1. The Morgan fingerprint density at radius 2 is 0.806 bits per heavy atom. The van der Waals surface area contributed by atoms with Gasteiger partial charge >= 0.3 is 0 Å². The lowest BCUT2D eigenvalue weighted by molar-refractivity contribution is 0.331. The van der Waals surface area contributed by atoms with Gasteiger partial charge in [-0.15, -0.1) is 0 Å². The molecular formula is C36H46. The lowest BCUT2D eigenvalue weighted by Gasteiger charge is -2.42. The Morgan fingerprint density at radius 1 is 0.500 bits per heavy atom. The van der Waals surface area contributed by atoms with Crippen LogP contribution in [0.2, 0.25) is 0 Å². The van der Waals surface area contributed by atoms with Gasteiger partial charge in [-0.2, -0.15) is 0 Å². The van der Waals surface area contributed by atoms with Crippen LogP contribution in [0.4, 0.5) is 0 Å². The van der Waals surface area contributed by atoms with E-state index in [2.05, 4.69) is 104 Å². The first kappa shape index (κ1) is 24.3. The summed E-state index contributed by atoms with van der Waals surface area (Å²) in [6.45, 7) is 19.6. The maximum absolute atomic E-state index is 2.61. The molecule has 0 aromatic heterocycles. The molecule has 0 amide bonds. The van der Waals surface area contributed by atoms with Crippen LogP contribution in [0.5, 0.6) is 0 Å². The molecule has 2 unspecified atom stereocenters. The van der Waals surface area contributed by atoms with E-state index in [9.17, 15) is 0 Å². The summed E-state index contributed by atoms with van der Waals surface area (Å²) in [5.41, 5.74) is 13.6. The first-order valence-corrected chi connectivity index (χ1v) is 14.5. The van der Waals surface area contributed by atoms with Gasteiger partial charge in [-0.3, -0.25) is 0 Å². The number of fused-ring (bicyclic) bond motifs is 4. The fourth-order valence-corrected chi connectivity index (χ4v) is 7.74. The van der Waals surface area contributed by atoms with Crippen LogP contribution in [0.25, 0.3) is 12.2 Å². The van der Waals surface area contributed by atoms with Crippen molar-refractivity contribution in [1.29, 1.82) is 0 Å². The van der Waals surface area contributed by atoms with Crippen LogP contribution in [0, 0.1) is 0 Å². The summed E-state index contributed by atoms with van der Waals surface area (Å²) in [5, 5.41) is 0. The number of rotatable bonds is 3. The van der Waals surface area contributed by atoms with Gasteiger partial charge in [0.05, 0.1) is 0 Å². The smallest absolute Gasteiger partial charge is 0.00276 e. The molecule has 2 aromatic rings. The fourth-order valence-electron chi connectivity index (χ4n) is 7.74. The molecule has 0 bridgehead atoms. The maximum Gasteiger partial charge on any atom is 0.00276 e. The standard InChI is InChI=1S/C36H46/c1-33(2)15-17-35(5,6)31-21-27-23(11-13-25(27)19-29(31)33)9-10-24-12-14-26-20-30-32(22-28(24)26)36(7,8)18-16-34(30,3)4/h11-14,19-24H,9-10,15-18H2,1-8H3. The summed E-state index contributed by atoms with van der Waals surface area (Å²) in [5.74, 6) is 1.10. The highest BCUT2D eigenvalue weighted by atomic mass is 14.4. The molecule has 4 aliphatic carbocycles. The van der Waals surface area contributed by atoms with Gasteiger partial charge < -0.3 is 0 Å². The minimum atomic E-state index is 0.278. The zero-order valence-corrected chi connectivity index (χ0v) is 24.0. The topological polar surface area (TPSA) is 0 Å². The van der Waals surface area contributed by atoms with Crippen LogP contribution in [-0.2, 0) is 21.7 Å². The zero-order chi connectivity index (χ0) is 25.7. The van der Waals surface area contributed by atoms with E-state index in [0.29, 0.717) is 11.8 Å². The Balaban J connectivity index is 1.27. The average Bonchev–Trinajstić information content (AvgIpc) is 3.40. The van der Waals surface area contributed by atoms with E-state index in [1.807, 2.05) is 0 Å². The number of allylic oxidation sites excluding steroid dienone is 2. The molecule has 0 saturated heterocycles. The second-order valence-electron chi connectivity index (χ2n) is 15.1. The predicted molar refractivity (Wildman–Crippen MR) is 156 cm³/mol. The van der Waals surface area contributed by atoms with Crippen LogP contribution in [0.3, 0.4) is 0 Å². The highest BCUT2D eigenvalue weighted by Gasteiger charge is 2.40. The monoisotopic (exact) mass is 478 g/mol. The zero-order valence-electron chi connectivity index (χ0n) is 24.0. The quantitative estimate of drug-likeness (QED) is 0.411. The van der Waals surface area contributed by atoms with Crippen LogP contribution in [0.1, 0.15) is 150 Å². The third-order valence-electron chi connectivity index (χ3n) is 10.7. The van der Waals surface area contributed by atoms with Crippen molar-refractivity contribution in [2.24, 2.45) is 0 Å². The Hall–Kier alpha value is -2.08. The van der Waals surface area contributed by atoms with E-state index >= 15 is 0 Å². The maximum atomic E-state index is 2.61. The third-order valence-corrected chi connectivity index (χ3v) is 10.7. The molecule has 36 heavy (non-hydrogen) atoms. The van der Waals surface area contributed by atoms with Gasteiger partial charge in [0.1, 0.15) is 0 Å². The number of hydrogen-bond donors (Lipinski definition) is 0. The Labute approximate surface area is 220 Å². The van der Waals surface area contributed by atoms with Crippen LogP contribution in [-0.4, -0.2) is 0 Å². The molecule has 190 valence electrons. The molecule has 6 rings (SSSR count). The van der Waals surface area contributed by atoms with Gasteiger partial charge in [0.25, 0.3) is 0 Å². The lowest BCUT2D eigenvalue weighted by atomic mass is 9.62. The van der Waals surface area contributed by atoms with Gasteiger partial charge in [-0.25, -0.2) is 0 Å². The summed E-state index contributed by atoms with van der Waals surface area (Å²) in [4.78, 5) is 0. The Bertz CT molecular complexity index is 1190. The summed E-state index contributed by atoms with van der Waals surface area (Å²) in [6, 6.07) is 10.3. The van der Waals surface area contributed by atoms with Crippen molar-refractivity contribution in [3.05, 3.63) is 80.9 Å². The van der Waals surface area contributed by atoms with E-state index in [1.165, 1.54) is 49.7 Å². The van der Waals surface area contributed by atoms with Crippen molar-refractivity contribution in [2.45, 2.75) is 127 Å². The van der Waals surface area contributed by atoms with E-state index < -0.39 is 0 Å². The SMILES string of the molecule is CC1(C)CCC(C)(C)c2cc3c(cc21)C=CC3CCC1C=Cc2cc3c(cc21)C(C)(C)CCC3(C)C. The summed E-state index contributed by atoms with van der Waals surface area (Å²) >= 11 is 0. The molecule has 0 nitrogen and oxygen atoms in total. The highest BCUT2D eigenvalue weighted by Crippen LogP contribution is 2.51. The number of hydrogen-bond acceptors (Lipinski definition) is 0. The molecule has 0 heterocycles. The lowest BCUT2D eigenvalue weighted by Crippen LogP contribution is -2.34. The molecule has 0 heteroatoms. The highest BCUT2D eigenvalue weighted by molar-refractivity contribution is 5.67. The molecule has 0 spiro atoms. The molecule has 2 aromatic carbocycles. The number of benzene rings is 2. The molecule has 2 atom stereocenters. The summed E-state index contributed by atoms with van der Waals surface area (Å²) in [6.07, 6.45) is 17.4. The van der Waals surface area contributed by atoms with Gasteiger partial charge in [0, 0.05) is 11.8 Å². The Morgan fingerprint density at radius 3 is 1.14 bits per heavy atom. The van der Waals surface area contributed by atoms with Crippen molar-refractivity contribution < 1.29 is 0 Å². The largest absolute Gasteiger partial charge is 0.0764 e. The van der Waals surface area contributed by atoms with Gasteiger partial charge in [0.2, 0.25) is 0 Å².